The van der Waals surface area contributed by atoms with Crippen LogP contribution in [0.15, 0.2) is 24.3 Å². The Labute approximate surface area is 119 Å². The van der Waals surface area contributed by atoms with Crippen molar-refractivity contribution >= 4 is 0 Å². The molecule has 0 radical (unpaired) electrons. The van der Waals surface area contributed by atoms with Gasteiger partial charge < -0.3 is 5.32 Å². The first kappa shape index (κ1) is 16.2. The fraction of sp³-hybridized carbons (Fsp3) is 0.667. The van der Waals surface area contributed by atoms with Gasteiger partial charge in [0.2, 0.25) is 0 Å². The largest absolute Gasteiger partial charge is 0.316 e. The molecule has 0 aliphatic carbocycles. The van der Waals surface area contributed by atoms with Gasteiger partial charge in [-0.2, -0.15) is 0 Å². The van der Waals surface area contributed by atoms with Gasteiger partial charge in [-0.05, 0) is 56.7 Å². The summed E-state index contributed by atoms with van der Waals surface area (Å²) in [6.45, 7) is 11.4. The highest BCUT2D eigenvalue weighted by Crippen LogP contribution is 2.19. The van der Waals surface area contributed by atoms with Gasteiger partial charge in [-0.15, -0.1) is 0 Å². The maximum Gasteiger partial charge on any atom is -0.00172 e. The van der Waals surface area contributed by atoms with Crippen LogP contribution in [0.1, 0.15) is 51.2 Å². The average Bonchev–Trinajstić information content (AvgIpc) is 2.38. The van der Waals surface area contributed by atoms with Crippen LogP contribution in [0.25, 0.3) is 0 Å². The Kier molecular flexibility index (Phi) is 7.81. The Balaban J connectivity index is 2.56. The molecule has 0 spiro atoms. The average molecular weight is 261 g/mol. The molecule has 1 N–H and O–H groups in total. The second-order valence-corrected chi connectivity index (χ2v) is 6.01. The number of rotatable bonds is 9. The minimum Gasteiger partial charge on any atom is -0.316 e. The van der Waals surface area contributed by atoms with Gasteiger partial charge in [0.05, 0.1) is 0 Å². The van der Waals surface area contributed by atoms with Crippen LogP contribution in [0.3, 0.4) is 0 Å². The summed E-state index contributed by atoms with van der Waals surface area (Å²) in [5.41, 5.74) is 2.87. The molecule has 0 aliphatic heterocycles. The molecule has 2 atom stereocenters. The summed E-state index contributed by atoms with van der Waals surface area (Å²) in [6.07, 6.45) is 5.06. The number of benzene rings is 1. The van der Waals surface area contributed by atoms with Crippen molar-refractivity contribution in [3.8, 4) is 0 Å². The molecule has 0 heterocycles. The lowest BCUT2D eigenvalue weighted by Crippen LogP contribution is -2.26. The van der Waals surface area contributed by atoms with Crippen LogP contribution >= 0.6 is 0 Å². The lowest BCUT2D eigenvalue weighted by Gasteiger charge is -2.21. The van der Waals surface area contributed by atoms with Gasteiger partial charge in [0.1, 0.15) is 0 Å². The van der Waals surface area contributed by atoms with Crippen molar-refractivity contribution in [2.45, 2.75) is 53.4 Å². The van der Waals surface area contributed by atoms with Crippen LogP contribution in [0.5, 0.6) is 0 Å². The van der Waals surface area contributed by atoms with E-state index in [0.717, 1.165) is 24.9 Å². The zero-order valence-electron chi connectivity index (χ0n) is 13.2. The van der Waals surface area contributed by atoms with Gasteiger partial charge in [-0.1, -0.05) is 57.0 Å². The summed E-state index contributed by atoms with van der Waals surface area (Å²) in [6, 6.07) is 8.98. The molecule has 1 rings (SSSR count). The summed E-state index contributed by atoms with van der Waals surface area (Å²) >= 11 is 0. The van der Waals surface area contributed by atoms with E-state index in [-0.39, 0.29) is 0 Å². The van der Waals surface area contributed by atoms with E-state index in [2.05, 4.69) is 57.3 Å². The number of aryl methyl sites for hydroxylation is 1. The van der Waals surface area contributed by atoms with Crippen molar-refractivity contribution in [1.29, 1.82) is 0 Å². The SMILES string of the molecule is CCCNCC(Cc1cccc(C)c1)CC(C)CC. The van der Waals surface area contributed by atoms with Crippen molar-refractivity contribution in [3.05, 3.63) is 35.4 Å². The Bertz CT molecular complexity index is 345. The maximum absolute atomic E-state index is 3.60. The summed E-state index contributed by atoms with van der Waals surface area (Å²) in [5, 5.41) is 3.60. The van der Waals surface area contributed by atoms with E-state index in [9.17, 15) is 0 Å². The Morgan fingerprint density at radius 3 is 2.63 bits per heavy atom. The van der Waals surface area contributed by atoms with Crippen molar-refractivity contribution in [3.63, 3.8) is 0 Å². The van der Waals surface area contributed by atoms with Gasteiger partial charge >= 0.3 is 0 Å². The molecule has 108 valence electrons. The highest BCUT2D eigenvalue weighted by molar-refractivity contribution is 5.22. The summed E-state index contributed by atoms with van der Waals surface area (Å²) in [4.78, 5) is 0. The minimum absolute atomic E-state index is 0.767. The van der Waals surface area contributed by atoms with Crippen molar-refractivity contribution in [1.82, 2.24) is 5.32 Å². The summed E-state index contributed by atoms with van der Waals surface area (Å²) < 4.78 is 0. The molecule has 0 saturated heterocycles. The molecule has 0 fully saturated rings. The number of hydrogen-bond acceptors (Lipinski definition) is 1. The first-order valence-corrected chi connectivity index (χ1v) is 7.91. The highest BCUT2D eigenvalue weighted by Gasteiger charge is 2.13. The molecule has 0 amide bonds. The van der Waals surface area contributed by atoms with Crippen LogP contribution in [0, 0.1) is 18.8 Å². The van der Waals surface area contributed by atoms with Crippen molar-refractivity contribution in [2.75, 3.05) is 13.1 Å². The van der Waals surface area contributed by atoms with Crippen molar-refractivity contribution < 1.29 is 0 Å². The molecule has 0 aromatic heterocycles. The maximum atomic E-state index is 3.60. The predicted molar refractivity (Wildman–Crippen MR) is 85.6 cm³/mol. The normalized spacial score (nSPS) is 14.3. The third-order valence-corrected chi connectivity index (χ3v) is 3.90. The number of nitrogens with one attached hydrogen (secondary N) is 1. The van der Waals surface area contributed by atoms with E-state index in [1.807, 2.05) is 0 Å². The zero-order chi connectivity index (χ0) is 14.1. The lowest BCUT2D eigenvalue weighted by atomic mass is 9.88. The van der Waals surface area contributed by atoms with Gasteiger partial charge in [0.15, 0.2) is 0 Å². The molecule has 1 aromatic rings. The quantitative estimate of drug-likeness (QED) is 0.641. The van der Waals surface area contributed by atoms with E-state index in [1.54, 1.807) is 0 Å². The molecule has 2 unspecified atom stereocenters. The van der Waals surface area contributed by atoms with Gasteiger partial charge in [0.25, 0.3) is 0 Å². The topological polar surface area (TPSA) is 12.0 Å². The Morgan fingerprint density at radius 2 is 2.00 bits per heavy atom. The van der Waals surface area contributed by atoms with Crippen molar-refractivity contribution in [2.24, 2.45) is 11.8 Å². The van der Waals surface area contributed by atoms with Crippen LogP contribution < -0.4 is 5.32 Å². The standard InChI is InChI=1S/C18H31N/c1-5-10-19-14-18(11-15(3)6-2)13-17-9-7-8-16(4)12-17/h7-9,12,15,18-19H,5-6,10-11,13-14H2,1-4H3. The van der Waals surface area contributed by atoms with E-state index in [4.69, 9.17) is 0 Å². The van der Waals surface area contributed by atoms with E-state index in [1.165, 1.54) is 36.8 Å². The first-order valence-electron chi connectivity index (χ1n) is 7.91. The predicted octanol–water partition coefficient (Wildman–Crippen LogP) is 4.59. The number of hydrogen-bond donors (Lipinski definition) is 1. The van der Waals surface area contributed by atoms with Crippen LogP contribution in [0.4, 0.5) is 0 Å². The molecular weight excluding hydrogens is 230 g/mol. The summed E-state index contributed by atoms with van der Waals surface area (Å²) in [7, 11) is 0. The molecule has 1 aromatic carbocycles. The molecule has 0 bridgehead atoms. The van der Waals surface area contributed by atoms with Crippen LogP contribution in [0.2, 0.25) is 0 Å². The van der Waals surface area contributed by atoms with Gasteiger partial charge in [-0.3, -0.25) is 0 Å². The fourth-order valence-electron chi connectivity index (χ4n) is 2.63. The molecule has 1 nitrogen and oxygen atoms in total. The van der Waals surface area contributed by atoms with E-state index < -0.39 is 0 Å². The lowest BCUT2D eigenvalue weighted by molar-refractivity contribution is 0.363. The third-order valence-electron chi connectivity index (χ3n) is 3.90. The molecule has 0 saturated carbocycles. The van der Waals surface area contributed by atoms with Gasteiger partial charge in [-0.25, -0.2) is 0 Å². The molecular formula is C18H31N. The Hall–Kier alpha value is -0.820. The minimum atomic E-state index is 0.767. The highest BCUT2D eigenvalue weighted by atomic mass is 14.8. The second-order valence-electron chi connectivity index (χ2n) is 6.01. The summed E-state index contributed by atoms with van der Waals surface area (Å²) in [5.74, 6) is 1.60. The second kappa shape index (κ2) is 9.14. The molecule has 0 aliphatic rings. The van der Waals surface area contributed by atoms with E-state index in [0.29, 0.717) is 0 Å². The zero-order valence-corrected chi connectivity index (χ0v) is 13.2. The van der Waals surface area contributed by atoms with Gasteiger partial charge in [0, 0.05) is 0 Å². The molecule has 19 heavy (non-hydrogen) atoms. The Morgan fingerprint density at radius 1 is 1.21 bits per heavy atom. The fourth-order valence-corrected chi connectivity index (χ4v) is 2.63. The van der Waals surface area contributed by atoms with Crippen LogP contribution in [-0.2, 0) is 6.42 Å². The molecule has 1 heteroatoms. The third kappa shape index (κ3) is 6.77. The van der Waals surface area contributed by atoms with E-state index >= 15 is 0 Å². The first-order chi connectivity index (χ1) is 9.15. The smallest absolute Gasteiger partial charge is 0.00172 e. The monoisotopic (exact) mass is 261 g/mol. The van der Waals surface area contributed by atoms with Crippen LogP contribution in [-0.4, -0.2) is 13.1 Å².